The quantitative estimate of drug-likeness (QED) is 0.571. The Labute approximate surface area is 141 Å². The number of hydrogen-bond donors (Lipinski definition) is 1. The maximum absolute atomic E-state index is 12.1. The minimum absolute atomic E-state index is 0.00632. The van der Waals surface area contributed by atoms with E-state index in [-0.39, 0.29) is 12.5 Å². The van der Waals surface area contributed by atoms with Gasteiger partial charge in [0, 0.05) is 10.6 Å². The van der Waals surface area contributed by atoms with Crippen LogP contribution in [-0.2, 0) is 11.2 Å². The predicted octanol–water partition coefficient (Wildman–Crippen LogP) is 4.54. The van der Waals surface area contributed by atoms with Gasteiger partial charge in [-0.1, -0.05) is 37.3 Å². The fraction of sp³-hybridized carbons (Fsp3) is 0.211. The number of rotatable bonds is 8. The van der Waals surface area contributed by atoms with E-state index in [1.807, 2.05) is 54.6 Å². The van der Waals surface area contributed by atoms with Gasteiger partial charge in [-0.05, 0) is 36.2 Å². The van der Waals surface area contributed by atoms with Crippen molar-refractivity contribution < 1.29 is 9.53 Å². The van der Waals surface area contributed by atoms with Crippen LogP contribution in [0, 0.1) is 0 Å². The molecule has 23 heavy (non-hydrogen) atoms. The molecule has 4 heteroatoms. The lowest BCUT2D eigenvalue weighted by molar-refractivity contribution is -0.118. The second-order valence-corrected chi connectivity index (χ2v) is 6.00. The number of anilines is 1. The fourth-order valence-corrected chi connectivity index (χ4v) is 2.78. The number of amides is 1. The highest BCUT2D eigenvalue weighted by molar-refractivity contribution is 7.99. The molecule has 0 atom stereocenters. The maximum Gasteiger partial charge on any atom is 0.262 e. The number of para-hydroxylation sites is 1. The summed E-state index contributed by atoms with van der Waals surface area (Å²) in [4.78, 5) is 13.1. The Morgan fingerprint density at radius 3 is 2.87 bits per heavy atom. The van der Waals surface area contributed by atoms with E-state index in [2.05, 4.69) is 18.8 Å². The molecule has 0 unspecified atom stereocenters. The summed E-state index contributed by atoms with van der Waals surface area (Å²) in [5.41, 5.74) is 1.99. The van der Waals surface area contributed by atoms with E-state index in [0.717, 1.165) is 22.8 Å². The van der Waals surface area contributed by atoms with Crippen LogP contribution >= 0.6 is 11.8 Å². The third-order valence-electron chi connectivity index (χ3n) is 3.19. The number of benzene rings is 2. The molecular weight excluding hydrogens is 306 g/mol. The molecule has 0 aromatic heterocycles. The zero-order valence-corrected chi connectivity index (χ0v) is 14.1. The molecule has 0 spiro atoms. The average molecular weight is 327 g/mol. The van der Waals surface area contributed by atoms with Gasteiger partial charge in [-0.25, -0.2) is 0 Å². The maximum atomic E-state index is 12.1. The molecule has 0 aliphatic rings. The smallest absolute Gasteiger partial charge is 0.262 e. The van der Waals surface area contributed by atoms with Gasteiger partial charge >= 0.3 is 0 Å². The molecule has 0 bridgehead atoms. The second-order valence-electron chi connectivity index (χ2n) is 4.93. The largest absolute Gasteiger partial charge is 0.484 e. The van der Waals surface area contributed by atoms with Crippen LogP contribution in [0.4, 0.5) is 5.69 Å². The lowest BCUT2D eigenvalue weighted by Gasteiger charge is -2.11. The SMILES string of the molecule is C=CCSc1ccccc1NC(=O)COc1cccc(CC)c1. The predicted molar refractivity (Wildman–Crippen MR) is 97.3 cm³/mol. The Hall–Kier alpha value is -2.20. The van der Waals surface area contributed by atoms with Crippen molar-refractivity contribution in [1.29, 1.82) is 0 Å². The topological polar surface area (TPSA) is 38.3 Å². The van der Waals surface area contributed by atoms with Crippen LogP contribution in [-0.4, -0.2) is 18.3 Å². The first kappa shape index (κ1) is 17.2. The molecule has 1 N–H and O–H groups in total. The molecule has 3 nitrogen and oxygen atoms in total. The Kier molecular flexibility index (Phi) is 6.76. The van der Waals surface area contributed by atoms with E-state index in [9.17, 15) is 4.79 Å². The lowest BCUT2D eigenvalue weighted by atomic mass is 10.2. The number of thioether (sulfide) groups is 1. The summed E-state index contributed by atoms with van der Waals surface area (Å²) >= 11 is 1.63. The highest BCUT2D eigenvalue weighted by Crippen LogP contribution is 2.26. The first-order valence-electron chi connectivity index (χ1n) is 7.57. The Bertz CT molecular complexity index is 670. The van der Waals surface area contributed by atoms with Crippen LogP contribution in [0.15, 0.2) is 66.1 Å². The van der Waals surface area contributed by atoms with E-state index in [1.54, 1.807) is 11.8 Å². The summed E-state index contributed by atoms with van der Waals surface area (Å²) in [6.45, 7) is 5.80. The van der Waals surface area contributed by atoms with Gasteiger partial charge in [0.05, 0.1) is 5.69 Å². The van der Waals surface area contributed by atoms with E-state index in [0.29, 0.717) is 5.75 Å². The van der Waals surface area contributed by atoms with Gasteiger partial charge in [0.25, 0.3) is 5.91 Å². The number of carbonyl (C=O) groups is 1. The van der Waals surface area contributed by atoms with Crippen LogP contribution < -0.4 is 10.1 Å². The average Bonchev–Trinajstić information content (AvgIpc) is 2.59. The molecule has 0 saturated carbocycles. The zero-order valence-electron chi connectivity index (χ0n) is 13.2. The van der Waals surface area contributed by atoms with Crippen LogP contribution in [0.25, 0.3) is 0 Å². The highest BCUT2D eigenvalue weighted by Gasteiger charge is 2.07. The normalized spacial score (nSPS) is 10.1. The first-order valence-corrected chi connectivity index (χ1v) is 8.55. The van der Waals surface area contributed by atoms with Crippen LogP contribution in [0.2, 0.25) is 0 Å². The molecule has 120 valence electrons. The number of carbonyl (C=O) groups excluding carboxylic acids is 1. The van der Waals surface area contributed by atoms with Gasteiger partial charge in [-0.2, -0.15) is 0 Å². The number of hydrogen-bond acceptors (Lipinski definition) is 3. The van der Waals surface area contributed by atoms with Gasteiger partial charge in [-0.15, -0.1) is 18.3 Å². The van der Waals surface area contributed by atoms with Gasteiger partial charge in [0.15, 0.2) is 6.61 Å². The summed E-state index contributed by atoms with van der Waals surface area (Å²) in [7, 11) is 0. The zero-order chi connectivity index (χ0) is 16.5. The minimum Gasteiger partial charge on any atom is -0.484 e. The Balaban J connectivity index is 1.93. The van der Waals surface area contributed by atoms with Gasteiger partial charge < -0.3 is 10.1 Å². The van der Waals surface area contributed by atoms with Crippen molar-refractivity contribution in [2.75, 3.05) is 17.7 Å². The van der Waals surface area contributed by atoms with E-state index in [4.69, 9.17) is 4.74 Å². The molecular formula is C19H21NO2S. The molecule has 0 heterocycles. The fourth-order valence-electron chi connectivity index (χ4n) is 2.03. The van der Waals surface area contributed by atoms with E-state index in [1.165, 1.54) is 5.56 Å². The molecule has 0 aliphatic heterocycles. The highest BCUT2D eigenvalue weighted by atomic mass is 32.2. The molecule has 0 saturated heterocycles. The molecule has 0 aliphatic carbocycles. The minimum atomic E-state index is -0.168. The molecule has 0 fully saturated rings. The molecule has 2 rings (SSSR count). The van der Waals surface area contributed by atoms with Crippen molar-refractivity contribution in [2.45, 2.75) is 18.2 Å². The monoisotopic (exact) mass is 327 g/mol. The second kappa shape index (κ2) is 9.06. The number of nitrogens with one attached hydrogen (secondary N) is 1. The summed E-state index contributed by atoms with van der Waals surface area (Å²) in [5.74, 6) is 1.35. The van der Waals surface area contributed by atoms with Gasteiger partial charge in [0.2, 0.25) is 0 Å². The van der Waals surface area contributed by atoms with Crippen molar-refractivity contribution in [3.8, 4) is 5.75 Å². The molecule has 0 radical (unpaired) electrons. The summed E-state index contributed by atoms with van der Waals surface area (Å²) in [6.07, 6.45) is 2.78. The lowest BCUT2D eigenvalue weighted by Crippen LogP contribution is -2.20. The Morgan fingerprint density at radius 1 is 1.26 bits per heavy atom. The third-order valence-corrected chi connectivity index (χ3v) is 4.26. The van der Waals surface area contributed by atoms with E-state index >= 15 is 0 Å². The van der Waals surface area contributed by atoms with Gasteiger partial charge in [0.1, 0.15) is 5.75 Å². The van der Waals surface area contributed by atoms with Crippen LogP contribution in [0.3, 0.4) is 0 Å². The standard InChI is InChI=1S/C19H21NO2S/c1-3-12-23-18-11-6-5-10-17(18)20-19(21)14-22-16-9-7-8-15(4-2)13-16/h3,5-11,13H,1,4,12,14H2,2H3,(H,20,21). The van der Waals surface area contributed by atoms with Crippen molar-refractivity contribution in [1.82, 2.24) is 0 Å². The van der Waals surface area contributed by atoms with Gasteiger partial charge in [-0.3, -0.25) is 4.79 Å². The van der Waals surface area contributed by atoms with Crippen molar-refractivity contribution in [3.05, 3.63) is 66.7 Å². The van der Waals surface area contributed by atoms with Crippen molar-refractivity contribution >= 4 is 23.4 Å². The summed E-state index contributed by atoms with van der Waals surface area (Å²) in [5, 5.41) is 2.90. The van der Waals surface area contributed by atoms with Crippen molar-refractivity contribution in [3.63, 3.8) is 0 Å². The summed E-state index contributed by atoms with van der Waals surface area (Å²) < 4.78 is 5.57. The molecule has 2 aromatic rings. The molecule has 1 amide bonds. The van der Waals surface area contributed by atoms with E-state index < -0.39 is 0 Å². The number of aryl methyl sites for hydroxylation is 1. The first-order chi connectivity index (χ1) is 11.2. The summed E-state index contributed by atoms with van der Waals surface area (Å²) in [6, 6.07) is 15.5. The molecule has 2 aromatic carbocycles. The Morgan fingerprint density at radius 2 is 2.09 bits per heavy atom. The third kappa shape index (κ3) is 5.49. The van der Waals surface area contributed by atoms with Crippen LogP contribution in [0.5, 0.6) is 5.75 Å². The van der Waals surface area contributed by atoms with Crippen molar-refractivity contribution in [2.24, 2.45) is 0 Å². The van der Waals surface area contributed by atoms with Crippen LogP contribution in [0.1, 0.15) is 12.5 Å². The number of ether oxygens (including phenoxy) is 1.